The van der Waals surface area contributed by atoms with E-state index in [4.69, 9.17) is 10.5 Å². The van der Waals surface area contributed by atoms with Crippen LogP contribution in [0.15, 0.2) is 18.2 Å². The van der Waals surface area contributed by atoms with Gasteiger partial charge in [0.25, 0.3) is 0 Å². The Morgan fingerprint density at radius 2 is 2.05 bits per heavy atom. The molecular weight excluding hydrogens is 236 g/mol. The Hall–Kier alpha value is -0.900. The van der Waals surface area contributed by atoms with Crippen LogP contribution in [-0.2, 0) is 4.74 Å². The molecule has 0 bridgehead atoms. The van der Waals surface area contributed by atoms with Gasteiger partial charge < -0.3 is 15.8 Å². The zero-order valence-electron chi connectivity index (χ0n) is 12.3. The molecule has 19 heavy (non-hydrogen) atoms. The second kappa shape index (κ2) is 6.04. The van der Waals surface area contributed by atoms with Crippen molar-refractivity contribution in [1.29, 1.82) is 0 Å². The quantitative estimate of drug-likeness (QED) is 0.857. The first kappa shape index (κ1) is 14.5. The minimum absolute atomic E-state index is 0.0238. The smallest absolute Gasteiger partial charge is 0.0779 e. The Bertz CT molecular complexity index is 405. The molecule has 2 unspecified atom stereocenters. The Morgan fingerprint density at radius 3 is 2.58 bits per heavy atom. The van der Waals surface area contributed by atoms with Crippen LogP contribution in [0.2, 0.25) is 0 Å². The van der Waals surface area contributed by atoms with E-state index < -0.39 is 0 Å². The second-order valence-electron chi connectivity index (χ2n) is 5.88. The number of ether oxygens (including phenoxy) is 1. The normalized spacial score (nSPS) is 24.6. The van der Waals surface area contributed by atoms with Crippen LogP contribution in [0.3, 0.4) is 0 Å². The van der Waals surface area contributed by atoms with Crippen molar-refractivity contribution in [3.05, 3.63) is 34.9 Å². The first-order chi connectivity index (χ1) is 9.06. The van der Waals surface area contributed by atoms with E-state index in [0.29, 0.717) is 6.54 Å². The van der Waals surface area contributed by atoms with Gasteiger partial charge in [0.2, 0.25) is 0 Å². The summed E-state index contributed by atoms with van der Waals surface area (Å²) in [5.74, 6) is 0. The Labute approximate surface area is 116 Å². The van der Waals surface area contributed by atoms with Gasteiger partial charge in [0.1, 0.15) is 0 Å². The molecule has 1 heterocycles. The highest BCUT2D eigenvalue weighted by molar-refractivity contribution is 5.36. The third-order valence-corrected chi connectivity index (χ3v) is 4.15. The van der Waals surface area contributed by atoms with Gasteiger partial charge in [-0.3, -0.25) is 0 Å². The number of hydrogen-bond donors (Lipinski definition) is 2. The van der Waals surface area contributed by atoms with Gasteiger partial charge in [0.05, 0.1) is 5.60 Å². The van der Waals surface area contributed by atoms with Crippen LogP contribution in [0.25, 0.3) is 0 Å². The van der Waals surface area contributed by atoms with Crippen molar-refractivity contribution < 1.29 is 4.74 Å². The molecule has 1 saturated heterocycles. The van der Waals surface area contributed by atoms with E-state index in [-0.39, 0.29) is 11.6 Å². The topological polar surface area (TPSA) is 47.3 Å². The van der Waals surface area contributed by atoms with E-state index >= 15 is 0 Å². The van der Waals surface area contributed by atoms with Crippen LogP contribution in [0.4, 0.5) is 0 Å². The molecule has 2 atom stereocenters. The van der Waals surface area contributed by atoms with Gasteiger partial charge in [-0.2, -0.15) is 0 Å². The highest BCUT2D eigenvalue weighted by atomic mass is 16.5. The molecule has 3 heteroatoms. The zero-order valence-corrected chi connectivity index (χ0v) is 12.3. The molecule has 0 aromatic heterocycles. The van der Waals surface area contributed by atoms with Crippen molar-refractivity contribution in [1.82, 2.24) is 5.32 Å². The summed E-state index contributed by atoms with van der Waals surface area (Å²) in [4.78, 5) is 0. The lowest BCUT2D eigenvalue weighted by Crippen LogP contribution is -2.41. The van der Waals surface area contributed by atoms with Gasteiger partial charge in [0.15, 0.2) is 0 Å². The highest BCUT2D eigenvalue weighted by Gasteiger charge is 2.30. The van der Waals surface area contributed by atoms with Crippen LogP contribution >= 0.6 is 0 Å². The fourth-order valence-electron chi connectivity index (χ4n) is 3.00. The largest absolute Gasteiger partial charge is 0.374 e. The van der Waals surface area contributed by atoms with Crippen LogP contribution in [-0.4, -0.2) is 25.3 Å². The number of hydrogen-bond acceptors (Lipinski definition) is 3. The lowest BCUT2D eigenvalue weighted by Gasteiger charge is -2.28. The maximum Gasteiger partial charge on any atom is 0.0779 e. The standard InChI is InChI=1S/C16H26N2O/c1-12-6-4-7-13(2)15(12)14(10-17)18-11-16(3)8-5-9-19-16/h4,6-7,14,18H,5,8-11,17H2,1-3H3. The van der Waals surface area contributed by atoms with E-state index in [1.807, 2.05) is 0 Å². The summed E-state index contributed by atoms with van der Waals surface area (Å²) in [6.07, 6.45) is 2.29. The predicted octanol–water partition coefficient (Wildman–Crippen LogP) is 2.46. The first-order valence-electron chi connectivity index (χ1n) is 7.19. The predicted molar refractivity (Wildman–Crippen MR) is 79.3 cm³/mol. The van der Waals surface area contributed by atoms with E-state index in [1.165, 1.54) is 16.7 Å². The van der Waals surface area contributed by atoms with Crippen molar-refractivity contribution in [3.63, 3.8) is 0 Å². The number of benzene rings is 1. The number of nitrogens with one attached hydrogen (secondary N) is 1. The SMILES string of the molecule is Cc1cccc(C)c1C(CN)NCC1(C)CCCO1. The number of nitrogens with two attached hydrogens (primary N) is 1. The van der Waals surface area contributed by atoms with E-state index in [0.717, 1.165) is 26.0 Å². The Kier molecular flexibility index (Phi) is 4.61. The third-order valence-electron chi connectivity index (χ3n) is 4.15. The summed E-state index contributed by atoms with van der Waals surface area (Å²) in [7, 11) is 0. The zero-order chi connectivity index (χ0) is 13.9. The molecule has 106 valence electrons. The fourth-order valence-corrected chi connectivity index (χ4v) is 3.00. The summed E-state index contributed by atoms with van der Waals surface area (Å²) in [5, 5.41) is 3.60. The minimum atomic E-state index is -0.0238. The Balaban J connectivity index is 2.08. The van der Waals surface area contributed by atoms with Gasteiger partial charge in [0, 0.05) is 25.7 Å². The van der Waals surface area contributed by atoms with Gasteiger partial charge in [-0.15, -0.1) is 0 Å². The van der Waals surface area contributed by atoms with E-state index in [2.05, 4.69) is 44.3 Å². The molecule has 3 N–H and O–H groups in total. The second-order valence-corrected chi connectivity index (χ2v) is 5.88. The minimum Gasteiger partial charge on any atom is -0.374 e. The molecule has 0 amide bonds. The van der Waals surface area contributed by atoms with Gasteiger partial charge in [-0.25, -0.2) is 0 Å². The molecule has 0 radical (unpaired) electrons. The molecule has 0 spiro atoms. The molecular formula is C16H26N2O. The molecule has 1 fully saturated rings. The third kappa shape index (κ3) is 3.35. The summed E-state index contributed by atoms with van der Waals surface area (Å²) < 4.78 is 5.83. The van der Waals surface area contributed by atoms with Crippen LogP contribution in [0, 0.1) is 13.8 Å². The number of aryl methyl sites for hydroxylation is 2. The lowest BCUT2D eigenvalue weighted by atomic mass is 9.95. The summed E-state index contributed by atoms with van der Waals surface area (Å²) in [6.45, 7) is 8.85. The molecule has 3 nitrogen and oxygen atoms in total. The molecule has 1 aromatic rings. The van der Waals surface area contributed by atoms with E-state index in [9.17, 15) is 0 Å². The maximum absolute atomic E-state index is 5.97. The Morgan fingerprint density at radius 1 is 1.37 bits per heavy atom. The van der Waals surface area contributed by atoms with Crippen LogP contribution in [0.5, 0.6) is 0 Å². The van der Waals surface area contributed by atoms with Crippen molar-refractivity contribution in [3.8, 4) is 0 Å². The van der Waals surface area contributed by atoms with Gasteiger partial charge in [-0.05, 0) is 50.3 Å². The molecule has 1 aliphatic heterocycles. The van der Waals surface area contributed by atoms with Crippen molar-refractivity contribution >= 4 is 0 Å². The van der Waals surface area contributed by atoms with Gasteiger partial charge >= 0.3 is 0 Å². The number of rotatable bonds is 5. The molecule has 0 aliphatic carbocycles. The van der Waals surface area contributed by atoms with E-state index in [1.54, 1.807) is 0 Å². The molecule has 2 rings (SSSR count). The highest BCUT2D eigenvalue weighted by Crippen LogP contribution is 2.26. The lowest BCUT2D eigenvalue weighted by molar-refractivity contribution is 0.0188. The summed E-state index contributed by atoms with van der Waals surface area (Å²) in [6, 6.07) is 6.62. The van der Waals surface area contributed by atoms with Crippen molar-refractivity contribution in [2.75, 3.05) is 19.7 Å². The summed E-state index contributed by atoms with van der Waals surface area (Å²) >= 11 is 0. The molecule has 1 aliphatic rings. The first-order valence-corrected chi connectivity index (χ1v) is 7.19. The monoisotopic (exact) mass is 262 g/mol. The molecule has 0 saturated carbocycles. The molecule has 1 aromatic carbocycles. The average molecular weight is 262 g/mol. The maximum atomic E-state index is 5.97. The summed E-state index contributed by atoms with van der Waals surface area (Å²) in [5.41, 5.74) is 9.89. The van der Waals surface area contributed by atoms with Crippen LogP contribution in [0.1, 0.15) is 42.5 Å². The van der Waals surface area contributed by atoms with Gasteiger partial charge in [-0.1, -0.05) is 18.2 Å². The van der Waals surface area contributed by atoms with Crippen molar-refractivity contribution in [2.24, 2.45) is 5.73 Å². The van der Waals surface area contributed by atoms with Crippen LogP contribution < -0.4 is 11.1 Å². The fraction of sp³-hybridized carbons (Fsp3) is 0.625. The average Bonchev–Trinajstić information content (AvgIpc) is 2.80. The van der Waals surface area contributed by atoms with Crippen molar-refractivity contribution in [2.45, 2.75) is 45.3 Å².